The largest absolute Gasteiger partial charge is 0.0654 e. The monoisotopic (exact) mass is 432 g/mol. The standard InChI is InChI=1S/C33H36/c1-4-7-8-9-11-28-14-18-29(19-15-28)20-21-31-23-25-33(32(6-3)26-31)24-22-30-16-12-27(10-5-2)13-17-30/h12-19,23,25-26H,4-11H2,1-3H3. The van der Waals surface area contributed by atoms with Gasteiger partial charge in [-0.1, -0.05) is 94.4 Å². The first kappa shape index (κ1) is 24.4. The predicted octanol–water partition coefficient (Wildman–Crippen LogP) is 8.12. The lowest BCUT2D eigenvalue weighted by atomic mass is 10.0. The van der Waals surface area contributed by atoms with Crippen molar-refractivity contribution in [2.24, 2.45) is 0 Å². The molecule has 33 heavy (non-hydrogen) atoms. The third-order valence-corrected chi connectivity index (χ3v) is 5.94. The molecule has 0 heterocycles. The number of aryl methyl sites for hydroxylation is 3. The molecular weight excluding hydrogens is 396 g/mol. The highest BCUT2D eigenvalue weighted by Gasteiger charge is 2.00. The zero-order valence-corrected chi connectivity index (χ0v) is 20.5. The molecule has 0 aliphatic heterocycles. The number of unbranched alkanes of at least 4 members (excludes halogenated alkanes) is 3. The Morgan fingerprint density at radius 3 is 1.70 bits per heavy atom. The average molecular weight is 433 g/mol. The summed E-state index contributed by atoms with van der Waals surface area (Å²) in [5.41, 5.74) is 8.31. The quantitative estimate of drug-likeness (QED) is 0.249. The number of rotatable bonds is 8. The lowest BCUT2D eigenvalue weighted by Crippen LogP contribution is -1.90. The topological polar surface area (TPSA) is 0 Å². The highest BCUT2D eigenvalue weighted by Crippen LogP contribution is 2.14. The van der Waals surface area contributed by atoms with E-state index in [1.54, 1.807) is 0 Å². The van der Waals surface area contributed by atoms with Gasteiger partial charge in [0.1, 0.15) is 0 Å². The van der Waals surface area contributed by atoms with Crippen molar-refractivity contribution < 1.29 is 0 Å². The van der Waals surface area contributed by atoms with Crippen LogP contribution >= 0.6 is 0 Å². The van der Waals surface area contributed by atoms with Crippen LogP contribution in [-0.2, 0) is 19.3 Å². The molecule has 0 nitrogen and oxygen atoms in total. The molecule has 0 unspecified atom stereocenters. The van der Waals surface area contributed by atoms with Crippen molar-refractivity contribution in [1.29, 1.82) is 0 Å². The molecule has 168 valence electrons. The zero-order valence-electron chi connectivity index (χ0n) is 20.5. The molecule has 0 saturated carbocycles. The van der Waals surface area contributed by atoms with Gasteiger partial charge in [-0.2, -0.15) is 0 Å². The highest BCUT2D eigenvalue weighted by molar-refractivity contribution is 5.52. The van der Waals surface area contributed by atoms with Gasteiger partial charge in [-0.15, -0.1) is 0 Å². The highest BCUT2D eigenvalue weighted by atomic mass is 14.0. The zero-order chi connectivity index (χ0) is 23.3. The van der Waals surface area contributed by atoms with Gasteiger partial charge in [0.2, 0.25) is 0 Å². The van der Waals surface area contributed by atoms with Crippen LogP contribution in [0.25, 0.3) is 0 Å². The summed E-state index contributed by atoms with van der Waals surface area (Å²) < 4.78 is 0. The summed E-state index contributed by atoms with van der Waals surface area (Å²) in [6.45, 7) is 6.64. The Morgan fingerprint density at radius 2 is 1.09 bits per heavy atom. The summed E-state index contributed by atoms with van der Waals surface area (Å²) in [4.78, 5) is 0. The Labute approximate surface area is 201 Å². The van der Waals surface area contributed by atoms with Crippen LogP contribution in [-0.4, -0.2) is 0 Å². The first-order valence-corrected chi connectivity index (χ1v) is 12.6. The van der Waals surface area contributed by atoms with Gasteiger partial charge >= 0.3 is 0 Å². The molecule has 0 amide bonds. The molecule has 0 heteroatoms. The third-order valence-electron chi connectivity index (χ3n) is 5.94. The first-order chi connectivity index (χ1) is 16.2. The molecular formula is C33H36. The van der Waals surface area contributed by atoms with Gasteiger partial charge in [-0.25, -0.2) is 0 Å². The van der Waals surface area contributed by atoms with Crippen LogP contribution in [0.4, 0.5) is 0 Å². The van der Waals surface area contributed by atoms with Crippen LogP contribution in [0.5, 0.6) is 0 Å². The summed E-state index contributed by atoms with van der Waals surface area (Å²) in [6.07, 6.45) is 9.63. The van der Waals surface area contributed by atoms with Crippen LogP contribution in [0.1, 0.15) is 91.8 Å². The lowest BCUT2D eigenvalue weighted by molar-refractivity contribution is 0.667. The second kappa shape index (κ2) is 13.4. The van der Waals surface area contributed by atoms with Crippen molar-refractivity contribution in [2.45, 2.75) is 72.1 Å². The summed E-state index contributed by atoms with van der Waals surface area (Å²) in [5, 5.41) is 0. The fraction of sp³-hybridized carbons (Fsp3) is 0.333. The summed E-state index contributed by atoms with van der Waals surface area (Å²) in [6, 6.07) is 23.7. The van der Waals surface area contributed by atoms with Gasteiger partial charge < -0.3 is 0 Å². The van der Waals surface area contributed by atoms with Gasteiger partial charge in [0.25, 0.3) is 0 Å². The SMILES string of the molecule is CCCCCCc1ccc(C#Cc2ccc(C#Cc3ccc(CCC)cc3)c(CC)c2)cc1. The minimum atomic E-state index is 0.946. The van der Waals surface area contributed by atoms with Crippen LogP contribution in [0, 0.1) is 23.7 Å². The number of hydrogen-bond acceptors (Lipinski definition) is 0. The molecule has 0 fully saturated rings. The molecule has 3 rings (SSSR count). The van der Waals surface area contributed by atoms with E-state index in [4.69, 9.17) is 0 Å². The van der Waals surface area contributed by atoms with E-state index >= 15 is 0 Å². The Kier molecular flexibility index (Phi) is 9.88. The molecule has 0 saturated heterocycles. The minimum absolute atomic E-state index is 0.946. The normalized spacial score (nSPS) is 10.2. The fourth-order valence-electron chi connectivity index (χ4n) is 3.92. The van der Waals surface area contributed by atoms with E-state index in [1.807, 2.05) is 0 Å². The first-order valence-electron chi connectivity index (χ1n) is 12.6. The van der Waals surface area contributed by atoms with E-state index < -0.39 is 0 Å². The number of hydrogen-bond donors (Lipinski definition) is 0. The van der Waals surface area contributed by atoms with E-state index in [0.717, 1.165) is 35.1 Å². The second-order valence-electron chi connectivity index (χ2n) is 8.68. The van der Waals surface area contributed by atoms with Crippen molar-refractivity contribution >= 4 is 0 Å². The maximum absolute atomic E-state index is 3.37. The molecule has 0 bridgehead atoms. The van der Waals surface area contributed by atoms with Crippen molar-refractivity contribution in [3.63, 3.8) is 0 Å². The molecule has 0 aliphatic carbocycles. The Balaban J connectivity index is 1.66. The maximum Gasteiger partial charge on any atom is 0.0281 e. The summed E-state index contributed by atoms with van der Waals surface area (Å²) in [7, 11) is 0. The van der Waals surface area contributed by atoms with Crippen LogP contribution in [0.2, 0.25) is 0 Å². The average Bonchev–Trinajstić information content (AvgIpc) is 2.86. The van der Waals surface area contributed by atoms with Crippen LogP contribution in [0.15, 0.2) is 66.7 Å². The molecule has 0 spiro atoms. The van der Waals surface area contributed by atoms with E-state index in [-0.39, 0.29) is 0 Å². The molecule has 3 aromatic carbocycles. The molecule has 0 N–H and O–H groups in total. The third kappa shape index (κ3) is 8.00. The van der Waals surface area contributed by atoms with Gasteiger partial charge in [0.05, 0.1) is 0 Å². The van der Waals surface area contributed by atoms with Crippen LogP contribution < -0.4 is 0 Å². The van der Waals surface area contributed by atoms with Gasteiger partial charge in [-0.3, -0.25) is 0 Å². The Hall–Kier alpha value is -3.22. The smallest absolute Gasteiger partial charge is 0.0281 e. The second-order valence-corrected chi connectivity index (χ2v) is 8.68. The van der Waals surface area contributed by atoms with E-state index in [2.05, 4.69) is 111 Å². The van der Waals surface area contributed by atoms with Crippen molar-refractivity contribution in [2.75, 3.05) is 0 Å². The van der Waals surface area contributed by atoms with Gasteiger partial charge in [-0.05, 0) is 84.8 Å². The van der Waals surface area contributed by atoms with Crippen molar-refractivity contribution in [3.8, 4) is 23.7 Å². The molecule has 0 aromatic heterocycles. The van der Waals surface area contributed by atoms with Gasteiger partial charge in [0, 0.05) is 22.3 Å². The molecule has 3 aromatic rings. The van der Waals surface area contributed by atoms with E-state index in [9.17, 15) is 0 Å². The fourth-order valence-corrected chi connectivity index (χ4v) is 3.92. The van der Waals surface area contributed by atoms with Gasteiger partial charge in [0.15, 0.2) is 0 Å². The Morgan fingerprint density at radius 1 is 0.515 bits per heavy atom. The Bertz CT molecular complexity index is 1120. The summed E-state index contributed by atoms with van der Waals surface area (Å²) in [5.74, 6) is 13.3. The number of benzene rings is 3. The van der Waals surface area contributed by atoms with E-state index in [0.29, 0.717) is 0 Å². The predicted molar refractivity (Wildman–Crippen MR) is 143 cm³/mol. The summed E-state index contributed by atoms with van der Waals surface area (Å²) >= 11 is 0. The minimum Gasteiger partial charge on any atom is -0.0654 e. The molecule has 0 aliphatic rings. The maximum atomic E-state index is 3.37. The molecule has 0 radical (unpaired) electrons. The molecule has 0 atom stereocenters. The van der Waals surface area contributed by atoms with Crippen molar-refractivity contribution in [3.05, 3.63) is 106 Å². The van der Waals surface area contributed by atoms with E-state index in [1.165, 1.54) is 55.2 Å². The van der Waals surface area contributed by atoms with Crippen LogP contribution in [0.3, 0.4) is 0 Å². The van der Waals surface area contributed by atoms with Crippen molar-refractivity contribution in [1.82, 2.24) is 0 Å². The lowest BCUT2D eigenvalue weighted by Gasteiger charge is -2.03.